The first-order valence-corrected chi connectivity index (χ1v) is 12.1. The molecular formula is C26H42O4. The first-order chi connectivity index (χ1) is 14.3. The van der Waals surface area contributed by atoms with Gasteiger partial charge in [-0.15, -0.1) is 11.8 Å². The van der Waals surface area contributed by atoms with E-state index in [2.05, 4.69) is 24.0 Å². The molecule has 2 saturated carbocycles. The molecule has 2 aliphatic heterocycles. The molecule has 0 spiro atoms. The maximum Gasteiger partial charge on any atom is 0.163 e. The molecule has 0 aromatic carbocycles. The number of ether oxygens (including phenoxy) is 4. The Morgan fingerprint density at radius 3 is 1.90 bits per heavy atom. The van der Waals surface area contributed by atoms with Crippen LogP contribution in [0, 0.1) is 23.7 Å². The third-order valence-electron chi connectivity index (χ3n) is 5.93. The van der Waals surface area contributed by atoms with Crippen LogP contribution < -0.4 is 0 Å². The summed E-state index contributed by atoms with van der Waals surface area (Å²) in [4.78, 5) is 0. The van der Waals surface area contributed by atoms with Crippen LogP contribution in [0.15, 0.2) is 12.2 Å². The van der Waals surface area contributed by atoms with Crippen LogP contribution in [-0.2, 0) is 18.9 Å². The number of hydrogen-bond acceptors (Lipinski definition) is 4. The molecule has 30 heavy (non-hydrogen) atoms. The van der Waals surface area contributed by atoms with Crippen LogP contribution in [0.4, 0.5) is 0 Å². The Hall–Kier alpha value is -0.860. The van der Waals surface area contributed by atoms with E-state index >= 15 is 0 Å². The average Bonchev–Trinajstić information content (AvgIpc) is 3.59. The third-order valence-corrected chi connectivity index (χ3v) is 5.93. The quantitative estimate of drug-likeness (QED) is 0.358. The van der Waals surface area contributed by atoms with Crippen LogP contribution in [0.1, 0.15) is 91.9 Å². The third kappa shape index (κ3) is 9.96. The molecule has 0 aromatic heterocycles. The predicted molar refractivity (Wildman–Crippen MR) is 120 cm³/mol. The lowest BCUT2D eigenvalue weighted by Crippen LogP contribution is -2.21. The molecule has 0 bridgehead atoms. The maximum atomic E-state index is 5.73. The minimum atomic E-state index is -0.383. The van der Waals surface area contributed by atoms with Crippen LogP contribution in [0.5, 0.6) is 0 Å². The fourth-order valence-corrected chi connectivity index (χ4v) is 3.71. The van der Waals surface area contributed by atoms with Crippen LogP contribution in [-0.4, -0.2) is 37.0 Å². The van der Waals surface area contributed by atoms with E-state index in [1.807, 2.05) is 27.7 Å². The van der Waals surface area contributed by atoms with E-state index in [1.165, 1.54) is 32.1 Å². The molecule has 170 valence electrons. The molecule has 2 heterocycles. The van der Waals surface area contributed by atoms with Gasteiger partial charge < -0.3 is 18.9 Å². The van der Waals surface area contributed by atoms with Gasteiger partial charge >= 0.3 is 0 Å². The standard InChI is InChI=1S/C13H22O2.C13H20O2/c2*1-13(2)14-10-12(15-13)7-5-3-4-6-11-8-9-11/h3-4,11-12H,5-10H2,1-2H3;11-12H,5-10H2,1-2H3/b4-3-;. The summed E-state index contributed by atoms with van der Waals surface area (Å²) in [5.41, 5.74) is 0. The van der Waals surface area contributed by atoms with Crippen molar-refractivity contribution in [3.8, 4) is 11.8 Å². The van der Waals surface area contributed by atoms with Crippen LogP contribution >= 0.6 is 0 Å². The molecule has 4 heteroatoms. The van der Waals surface area contributed by atoms with Crippen molar-refractivity contribution in [2.45, 2.75) is 116 Å². The first-order valence-electron chi connectivity index (χ1n) is 12.1. The second kappa shape index (κ2) is 11.1. The molecule has 4 aliphatic rings. The summed E-state index contributed by atoms with van der Waals surface area (Å²) in [7, 11) is 0. The van der Waals surface area contributed by atoms with Gasteiger partial charge in [-0.3, -0.25) is 0 Å². The van der Waals surface area contributed by atoms with E-state index in [4.69, 9.17) is 18.9 Å². The molecule has 0 aromatic rings. The zero-order chi connectivity index (χ0) is 21.5. The van der Waals surface area contributed by atoms with Gasteiger partial charge in [0.2, 0.25) is 0 Å². The highest BCUT2D eigenvalue weighted by Crippen LogP contribution is 2.33. The van der Waals surface area contributed by atoms with E-state index in [9.17, 15) is 0 Å². The van der Waals surface area contributed by atoms with Gasteiger partial charge in [-0.05, 0) is 90.9 Å². The topological polar surface area (TPSA) is 36.9 Å². The van der Waals surface area contributed by atoms with Crippen molar-refractivity contribution in [3.63, 3.8) is 0 Å². The predicted octanol–water partition coefficient (Wildman–Crippen LogP) is 6.00. The van der Waals surface area contributed by atoms with Crippen LogP contribution in [0.25, 0.3) is 0 Å². The largest absolute Gasteiger partial charge is 0.348 e. The molecule has 0 N–H and O–H groups in total. The van der Waals surface area contributed by atoms with Crippen molar-refractivity contribution in [2.75, 3.05) is 13.2 Å². The summed E-state index contributed by atoms with van der Waals surface area (Å²) in [5, 5.41) is 0. The molecule has 4 nitrogen and oxygen atoms in total. The van der Waals surface area contributed by atoms with Gasteiger partial charge in [-0.1, -0.05) is 12.2 Å². The maximum absolute atomic E-state index is 5.73. The van der Waals surface area contributed by atoms with E-state index in [0.717, 1.165) is 57.2 Å². The lowest BCUT2D eigenvalue weighted by molar-refractivity contribution is -0.139. The van der Waals surface area contributed by atoms with Gasteiger partial charge in [0.1, 0.15) is 0 Å². The Labute approximate surface area is 184 Å². The Morgan fingerprint density at radius 1 is 0.767 bits per heavy atom. The molecular weight excluding hydrogens is 376 g/mol. The minimum Gasteiger partial charge on any atom is -0.348 e. The van der Waals surface area contributed by atoms with Crippen LogP contribution in [0.2, 0.25) is 0 Å². The molecule has 2 aliphatic carbocycles. The summed E-state index contributed by atoms with van der Waals surface area (Å²) < 4.78 is 22.4. The highest BCUT2D eigenvalue weighted by molar-refractivity contribution is 5.02. The van der Waals surface area contributed by atoms with Gasteiger partial charge in [0.25, 0.3) is 0 Å². The lowest BCUT2D eigenvalue weighted by Gasteiger charge is -2.16. The summed E-state index contributed by atoms with van der Waals surface area (Å²) in [6.45, 7) is 9.37. The van der Waals surface area contributed by atoms with Gasteiger partial charge in [-0.2, -0.15) is 0 Å². The second-order valence-electron chi connectivity index (χ2n) is 10.2. The zero-order valence-electron chi connectivity index (χ0n) is 19.6. The van der Waals surface area contributed by atoms with Crippen molar-refractivity contribution >= 4 is 0 Å². The normalized spacial score (nSPS) is 29.3. The minimum absolute atomic E-state index is 0.246. The highest BCUT2D eigenvalue weighted by atomic mass is 16.7. The molecule has 2 saturated heterocycles. The molecule has 2 unspecified atom stereocenters. The first kappa shape index (κ1) is 23.8. The number of hydrogen-bond donors (Lipinski definition) is 0. The molecule has 0 radical (unpaired) electrons. The summed E-state index contributed by atoms with van der Waals surface area (Å²) in [5.74, 6) is 7.65. The Morgan fingerprint density at radius 2 is 1.37 bits per heavy atom. The van der Waals surface area contributed by atoms with Crippen molar-refractivity contribution in [3.05, 3.63) is 12.2 Å². The van der Waals surface area contributed by atoms with Gasteiger partial charge in [0, 0.05) is 12.8 Å². The van der Waals surface area contributed by atoms with Gasteiger partial charge in [-0.25, -0.2) is 0 Å². The van der Waals surface area contributed by atoms with E-state index < -0.39 is 0 Å². The fourth-order valence-electron chi connectivity index (χ4n) is 3.71. The molecule has 0 amide bonds. The number of allylic oxidation sites excluding steroid dienone is 2. The van der Waals surface area contributed by atoms with E-state index in [0.29, 0.717) is 6.10 Å². The van der Waals surface area contributed by atoms with Gasteiger partial charge in [0.15, 0.2) is 11.6 Å². The van der Waals surface area contributed by atoms with E-state index in [1.54, 1.807) is 0 Å². The molecule has 4 fully saturated rings. The summed E-state index contributed by atoms with van der Waals surface area (Å²) >= 11 is 0. The monoisotopic (exact) mass is 418 g/mol. The Balaban J connectivity index is 0.000000171. The molecule has 2 atom stereocenters. The van der Waals surface area contributed by atoms with Crippen molar-refractivity contribution in [2.24, 2.45) is 11.8 Å². The average molecular weight is 419 g/mol. The SMILES string of the molecule is CC1(C)OCC(CC/C=C\CC2CC2)O1.CC1(C)OCC(CCC#CCC2CC2)O1. The lowest BCUT2D eigenvalue weighted by atomic mass is 10.2. The highest BCUT2D eigenvalue weighted by Gasteiger charge is 2.32. The second-order valence-corrected chi connectivity index (χ2v) is 10.2. The summed E-state index contributed by atoms with van der Waals surface area (Å²) in [6, 6.07) is 0. The smallest absolute Gasteiger partial charge is 0.163 e. The zero-order valence-corrected chi connectivity index (χ0v) is 19.6. The van der Waals surface area contributed by atoms with E-state index in [-0.39, 0.29) is 17.7 Å². The van der Waals surface area contributed by atoms with Crippen molar-refractivity contribution in [1.82, 2.24) is 0 Å². The van der Waals surface area contributed by atoms with Crippen LogP contribution in [0.3, 0.4) is 0 Å². The summed E-state index contributed by atoms with van der Waals surface area (Å²) in [6.07, 6.45) is 17.4. The molecule has 4 rings (SSSR count). The van der Waals surface area contributed by atoms with Crippen molar-refractivity contribution in [1.29, 1.82) is 0 Å². The Bertz CT molecular complexity index is 604. The Kier molecular flexibility index (Phi) is 8.83. The number of rotatable bonds is 8. The van der Waals surface area contributed by atoms with Crippen molar-refractivity contribution < 1.29 is 18.9 Å². The fraction of sp³-hybridized carbons (Fsp3) is 0.846. The van der Waals surface area contributed by atoms with Gasteiger partial charge in [0.05, 0.1) is 25.4 Å².